The van der Waals surface area contributed by atoms with Gasteiger partial charge in [0.2, 0.25) is 0 Å². The minimum atomic E-state index is 0.162. The molecule has 2 heterocycles. The third kappa shape index (κ3) is 2.87. The lowest BCUT2D eigenvalue weighted by Crippen LogP contribution is -2.29. The van der Waals surface area contributed by atoms with Gasteiger partial charge in [-0.25, -0.2) is 4.98 Å². The van der Waals surface area contributed by atoms with Gasteiger partial charge >= 0.3 is 0 Å². The van der Waals surface area contributed by atoms with Gasteiger partial charge in [-0.15, -0.1) is 0 Å². The van der Waals surface area contributed by atoms with E-state index < -0.39 is 0 Å². The third-order valence-corrected chi connectivity index (χ3v) is 3.87. The second-order valence-corrected chi connectivity index (χ2v) is 5.09. The van der Waals surface area contributed by atoms with Crippen molar-refractivity contribution in [3.8, 4) is 0 Å². The van der Waals surface area contributed by atoms with Gasteiger partial charge in [0.25, 0.3) is 0 Å². The van der Waals surface area contributed by atoms with E-state index in [-0.39, 0.29) is 12.5 Å². The summed E-state index contributed by atoms with van der Waals surface area (Å²) in [5, 5.41) is 9.27. The summed E-state index contributed by atoms with van der Waals surface area (Å²) in [5.74, 6) is 1.72. The average Bonchev–Trinajstić information content (AvgIpc) is 2.81. The molecule has 0 saturated carbocycles. The van der Waals surface area contributed by atoms with Crippen molar-refractivity contribution in [1.29, 1.82) is 0 Å². The number of nitrogens with zero attached hydrogens (tertiary/aromatic N) is 2. The highest BCUT2D eigenvalue weighted by atomic mass is 16.3. The maximum absolute atomic E-state index is 9.27. The number of piperidine rings is 1. The number of nitrogens with one attached hydrogen (secondary N) is 1. The lowest BCUT2D eigenvalue weighted by atomic mass is 9.94. The molecule has 1 aliphatic rings. The second kappa shape index (κ2) is 5.65. The number of imidazole rings is 1. The Morgan fingerprint density at radius 2 is 2.24 bits per heavy atom. The number of hydrogen-bond donors (Lipinski definition) is 2. The Bertz CT molecular complexity index is 338. The molecule has 0 bridgehead atoms. The second-order valence-electron chi connectivity index (χ2n) is 5.09. The van der Waals surface area contributed by atoms with Crippen LogP contribution in [0.3, 0.4) is 0 Å². The van der Waals surface area contributed by atoms with Crippen LogP contribution in [0.15, 0.2) is 6.20 Å². The fourth-order valence-corrected chi connectivity index (χ4v) is 2.49. The van der Waals surface area contributed by atoms with Crippen LogP contribution in [-0.4, -0.2) is 46.7 Å². The first-order valence-corrected chi connectivity index (χ1v) is 6.58. The molecule has 1 saturated heterocycles. The summed E-state index contributed by atoms with van der Waals surface area (Å²) in [5.41, 5.74) is 1.25. The van der Waals surface area contributed by atoms with Crippen LogP contribution in [0.1, 0.15) is 49.5 Å². The lowest BCUT2D eigenvalue weighted by Gasteiger charge is -2.28. The molecule has 0 aromatic carbocycles. The molecule has 96 valence electrons. The number of aromatic nitrogens is 2. The molecule has 17 heavy (non-hydrogen) atoms. The molecule has 2 N–H and O–H groups in total. The monoisotopic (exact) mass is 237 g/mol. The van der Waals surface area contributed by atoms with Crippen molar-refractivity contribution in [3.05, 3.63) is 17.7 Å². The minimum Gasteiger partial charge on any atom is -0.396 e. The van der Waals surface area contributed by atoms with Crippen molar-refractivity contribution in [3.63, 3.8) is 0 Å². The standard InChI is InChI=1S/C13H23N3O/c1-3-10(9-17)13-14-8-12(15-13)11-4-6-16(2)7-5-11/h8,10-11,17H,3-7,9H2,1-2H3,(H,14,15). The molecule has 4 nitrogen and oxygen atoms in total. The minimum absolute atomic E-state index is 0.162. The largest absolute Gasteiger partial charge is 0.396 e. The Balaban J connectivity index is 2.02. The predicted molar refractivity (Wildman–Crippen MR) is 68.2 cm³/mol. The van der Waals surface area contributed by atoms with Gasteiger partial charge in [-0.05, 0) is 39.4 Å². The summed E-state index contributed by atoms with van der Waals surface area (Å²) in [6, 6.07) is 0. The van der Waals surface area contributed by atoms with E-state index in [0.717, 1.165) is 25.3 Å². The molecule has 1 aromatic rings. The van der Waals surface area contributed by atoms with E-state index >= 15 is 0 Å². The Morgan fingerprint density at radius 1 is 1.53 bits per heavy atom. The normalized spacial score (nSPS) is 20.6. The number of aliphatic hydroxyl groups excluding tert-OH is 1. The molecule has 1 aliphatic heterocycles. The summed E-state index contributed by atoms with van der Waals surface area (Å²) < 4.78 is 0. The molecule has 0 aliphatic carbocycles. The molecule has 1 fully saturated rings. The molecule has 0 amide bonds. The van der Waals surface area contributed by atoms with Gasteiger partial charge in [-0.2, -0.15) is 0 Å². The molecule has 2 rings (SSSR count). The summed E-state index contributed by atoms with van der Waals surface area (Å²) in [6.45, 7) is 4.59. The fraction of sp³-hybridized carbons (Fsp3) is 0.769. The summed E-state index contributed by atoms with van der Waals surface area (Å²) in [7, 11) is 2.17. The van der Waals surface area contributed by atoms with Crippen LogP contribution in [0.4, 0.5) is 0 Å². The summed E-state index contributed by atoms with van der Waals surface area (Å²) in [4.78, 5) is 10.2. The van der Waals surface area contributed by atoms with Crippen LogP contribution in [0.5, 0.6) is 0 Å². The van der Waals surface area contributed by atoms with Gasteiger partial charge in [-0.3, -0.25) is 0 Å². The van der Waals surface area contributed by atoms with Crippen LogP contribution in [0.25, 0.3) is 0 Å². The maximum atomic E-state index is 9.27. The van der Waals surface area contributed by atoms with Gasteiger partial charge in [0.15, 0.2) is 0 Å². The van der Waals surface area contributed by atoms with Crippen molar-refractivity contribution < 1.29 is 5.11 Å². The van der Waals surface area contributed by atoms with Crippen molar-refractivity contribution in [2.24, 2.45) is 0 Å². The van der Waals surface area contributed by atoms with Crippen molar-refractivity contribution in [2.45, 2.75) is 38.0 Å². The molecule has 1 aromatic heterocycles. The van der Waals surface area contributed by atoms with E-state index in [1.54, 1.807) is 0 Å². The fourth-order valence-electron chi connectivity index (χ4n) is 2.49. The van der Waals surface area contributed by atoms with Crippen LogP contribution in [0, 0.1) is 0 Å². The van der Waals surface area contributed by atoms with E-state index in [2.05, 4.69) is 28.8 Å². The topological polar surface area (TPSA) is 52.2 Å². The molecule has 1 unspecified atom stereocenters. The SMILES string of the molecule is CCC(CO)c1ncc(C2CCN(C)CC2)[nH]1. The first-order valence-electron chi connectivity index (χ1n) is 6.58. The smallest absolute Gasteiger partial charge is 0.111 e. The Labute approximate surface area is 103 Å². The average molecular weight is 237 g/mol. The number of likely N-dealkylation sites (tertiary alicyclic amines) is 1. The Morgan fingerprint density at radius 3 is 2.82 bits per heavy atom. The highest BCUT2D eigenvalue weighted by molar-refractivity contribution is 5.11. The number of aromatic amines is 1. The zero-order valence-corrected chi connectivity index (χ0v) is 10.8. The van der Waals surface area contributed by atoms with E-state index in [0.29, 0.717) is 5.92 Å². The zero-order chi connectivity index (χ0) is 12.3. The van der Waals surface area contributed by atoms with E-state index in [9.17, 15) is 5.11 Å². The summed E-state index contributed by atoms with van der Waals surface area (Å²) >= 11 is 0. The highest BCUT2D eigenvalue weighted by Crippen LogP contribution is 2.27. The van der Waals surface area contributed by atoms with Crippen LogP contribution >= 0.6 is 0 Å². The van der Waals surface area contributed by atoms with Crippen LogP contribution in [-0.2, 0) is 0 Å². The van der Waals surface area contributed by atoms with E-state index in [1.165, 1.54) is 18.5 Å². The third-order valence-electron chi connectivity index (χ3n) is 3.87. The quantitative estimate of drug-likeness (QED) is 0.838. The summed E-state index contributed by atoms with van der Waals surface area (Å²) in [6.07, 6.45) is 5.29. The van der Waals surface area contributed by atoms with Crippen molar-refractivity contribution >= 4 is 0 Å². The molecule has 0 radical (unpaired) electrons. The van der Waals surface area contributed by atoms with Crippen LogP contribution in [0.2, 0.25) is 0 Å². The first-order chi connectivity index (χ1) is 8.24. The van der Waals surface area contributed by atoms with Crippen molar-refractivity contribution in [2.75, 3.05) is 26.7 Å². The zero-order valence-electron chi connectivity index (χ0n) is 10.8. The van der Waals surface area contributed by atoms with Crippen LogP contribution < -0.4 is 0 Å². The predicted octanol–water partition coefficient (Wildman–Crippen LogP) is 1.70. The number of H-pyrrole nitrogens is 1. The maximum Gasteiger partial charge on any atom is 0.111 e. The first kappa shape index (κ1) is 12.6. The molecule has 1 atom stereocenters. The molecule has 0 spiro atoms. The number of aliphatic hydroxyl groups is 1. The van der Waals surface area contributed by atoms with E-state index in [1.807, 2.05) is 6.20 Å². The molecular formula is C13H23N3O. The number of rotatable bonds is 4. The van der Waals surface area contributed by atoms with Gasteiger partial charge in [0.1, 0.15) is 5.82 Å². The highest BCUT2D eigenvalue weighted by Gasteiger charge is 2.21. The molecule has 4 heteroatoms. The van der Waals surface area contributed by atoms with Gasteiger partial charge in [0, 0.05) is 23.7 Å². The van der Waals surface area contributed by atoms with Gasteiger partial charge < -0.3 is 15.0 Å². The molecular weight excluding hydrogens is 214 g/mol. The van der Waals surface area contributed by atoms with Gasteiger partial charge in [0.05, 0.1) is 6.61 Å². The van der Waals surface area contributed by atoms with Gasteiger partial charge in [-0.1, -0.05) is 6.92 Å². The van der Waals surface area contributed by atoms with E-state index in [4.69, 9.17) is 0 Å². The Hall–Kier alpha value is -0.870. The van der Waals surface area contributed by atoms with Crippen molar-refractivity contribution in [1.82, 2.24) is 14.9 Å². The Kier molecular flexibility index (Phi) is 4.18. The number of hydrogen-bond acceptors (Lipinski definition) is 3. The lowest BCUT2D eigenvalue weighted by molar-refractivity contribution is 0.251.